The molecule has 0 radical (unpaired) electrons. The molecule has 2 aromatic rings. The van der Waals surface area contributed by atoms with Crippen molar-refractivity contribution in [2.24, 2.45) is 0 Å². The summed E-state index contributed by atoms with van der Waals surface area (Å²) in [7, 11) is 1.59. The Bertz CT molecular complexity index is 719. The van der Waals surface area contributed by atoms with E-state index in [-0.39, 0.29) is 18.5 Å². The van der Waals surface area contributed by atoms with Crippen LogP contribution >= 0.6 is 0 Å². The topological polar surface area (TPSA) is 51.2 Å². The lowest BCUT2D eigenvalue weighted by molar-refractivity contribution is 0.0310. The number of aliphatic hydroxyl groups is 1. The van der Waals surface area contributed by atoms with Crippen LogP contribution in [-0.2, 0) is 11.3 Å². The molecule has 0 bridgehead atoms. The van der Waals surface area contributed by atoms with Crippen LogP contribution in [0.15, 0.2) is 48.5 Å². The van der Waals surface area contributed by atoms with Crippen LogP contribution < -0.4 is 9.47 Å². The van der Waals surface area contributed by atoms with E-state index in [1.54, 1.807) is 19.2 Å². The number of hydrogen-bond donors (Lipinski definition) is 1. The van der Waals surface area contributed by atoms with Crippen LogP contribution in [-0.4, -0.2) is 55.6 Å². The molecule has 1 saturated heterocycles. The van der Waals surface area contributed by atoms with Crippen molar-refractivity contribution in [1.82, 2.24) is 4.90 Å². The third-order valence-corrected chi connectivity index (χ3v) is 4.77. The van der Waals surface area contributed by atoms with Gasteiger partial charge in [-0.3, -0.25) is 4.90 Å². The molecular formula is C22H28FNO4. The summed E-state index contributed by atoms with van der Waals surface area (Å²) in [6.45, 7) is 2.72. The summed E-state index contributed by atoms with van der Waals surface area (Å²) in [5, 5.41) is 10.5. The van der Waals surface area contributed by atoms with E-state index in [1.807, 2.05) is 24.3 Å². The molecule has 3 rings (SSSR count). The monoisotopic (exact) mass is 389 g/mol. The van der Waals surface area contributed by atoms with Crippen molar-refractivity contribution in [2.45, 2.75) is 31.6 Å². The zero-order chi connectivity index (χ0) is 19.8. The van der Waals surface area contributed by atoms with Crippen molar-refractivity contribution >= 4 is 0 Å². The minimum absolute atomic E-state index is 0.159. The van der Waals surface area contributed by atoms with Crippen molar-refractivity contribution in [2.75, 3.05) is 33.4 Å². The first-order valence-electron chi connectivity index (χ1n) is 9.66. The number of hydrogen-bond acceptors (Lipinski definition) is 5. The molecule has 1 aliphatic rings. The second kappa shape index (κ2) is 10.4. The Morgan fingerprint density at radius 1 is 1.18 bits per heavy atom. The van der Waals surface area contributed by atoms with Crippen LogP contribution in [0.2, 0.25) is 0 Å². The SMILES string of the molecule is COc1ccccc1OCC(O)CN(Cc1ccc(F)cc1)CC1CCCO1. The number of aliphatic hydroxyl groups excluding tert-OH is 1. The Hall–Kier alpha value is -2.15. The molecule has 1 N–H and O–H groups in total. The zero-order valence-corrected chi connectivity index (χ0v) is 16.2. The van der Waals surface area contributed by atoms with Gasteiger partial charge in [0.15, 0.2) is 11.5 Å². The predicted molar refractivity (Wildman–Crippen MR) is 105 cm³/mol. The average molecular weight is 389 g/mol. The number of ether oxygens (including phenoxy) is 3. The number of methoxy groups -OCH3 is 1. The lowest BCUT2D eigenvalue weighted by Crippen LogP contribution is -2.39. The summed E-state index contributed by atoms with van der Waals surface area (Å²) >= 11 is 0. The van der Waals surface area contributed by atoms with Crippen molar-refractivity contribution in [1.29, 1.82) is 0 Å². The van der Waals surface area contributed by atoms with E-state index < -0.39 is 6.10 Å². The quantitative estimate of drug-likeness (QED) is 0.676. The standard InChI is InChI=1S/C22H28FNO4/c1-26-21-6-2-3-7-22(21)28-16-19(25)14-24(15-20-5-4-12-27-20)13-17-8-10-18(23)11-9-17/h2-3,6-11,19-20,25H,4-5,12-16H2,1H3. The third-order valence-electron chi connectivity index (χ3n) is 4.77. The summed E-state index contributed by atoms with van der Waals surface area (Å²) in [6.07, 6.45) is 1.58. The van der Waals surface area contributed by atoms with Gasteiger partial charge in [-0.1, -0.05) is 24.3 Å². The molecule has 0 aromatic heterocycles. The molecule has 0 spiro atoms. The van der Waals surface area contributed by atoms with E-state index in [9.17, 15) is 9.50 Å². The van der Waals surface area contributed by atoms with Crippen LogP contribution in [0.25, 0.3) is 0 Å². The maximum Gasteiger partial charge on any atom is 0.161 e. The van der Waals surface area contributed by atoms with Gasteiger partial charge in [-0.25, -0.2) is 4.39 Å². The zero-order valence-electron chi connectivity index (χ0n) is 16.2. The van der Waals surface area contributed by atoms with E-state index in [0.717, 1.165) is 31.6 Å². The summed E-state index contributed by atoms with van der Waals surface area (Å²) in [6, 6.07) is 13.8. The molecule has 1 fully saturated rings. The van der Waals surface area contributed by atoms with Gasteiger partial charge in [0.1, 0.15) is 18.5 Å². The highest BCUT2D eigenvalue weighted by Gasteiger charge is 2.21. The van der Waals surface area contributed by atoms with Crippen molar-refractivity contribution in [3.05, 3.63) is 59.9 Å². The number of benzene rings is 2. The van der Waals surface area contributed by atoms with Gasteiger partial charge in [0.05, 0.1) is 13.2 Å². The van der Waals surface area contributed by atoms with Crippen LogP contribution in [0.5, 0.6) is 11.5 Å². The molecular weight excluding hydrogens is 361 g/mol. The van der Waals surface area contributed by atoms with E-state index in [0.29, 0.717) is 24.6 Å². The van der Waals surface area contributed by atoms with Crippen LogP contribution in [0.1, 0.15) is 18.4 Å². The minimum atomic E-state index is -0.674. The van der Waals surface area contributed by atoms with Crippen LogP contribution in [0, 0.1) is 5.82 Å². The maximum absolute atomic E-state index is 13.2. The Balaban J connectivity index is 1.58. The second-order valence-corrected chi connectivity index (χ2v) is 7.07. The first-order chi connectivity index (χ1) is 13.6. The molecule has 2 unspecified atom stereocenters. The highest BCUT2D eigenvalue weighted by atomic mass is 19.1. The smallest absolute Gasteiger partial charge is 0.161 e. The first kappa shape index (κ1) is 20.6. The van der Waals surface area contributed by atoms with E-state index in [2.05, 4.69) is 4.90 Å². The summed E-state index contributed by atoms with van der Waals surface area (Å²) in [5.41, 5.74) is 0.997. The lowest BCUT2D eigenvalue weighted by Gasteiger charge is -2.27. The summed E-state index contributed by atoms with van der Waals surface area (Å²) in [4.78, 5) is 2.14. The molecule has 28 heavy (non-hydrogen) atoms. The maximum atomic E-state index is 13.2. The van der Waals surface area contributed by atoms with Gasteiger partial charge in [-0.15, -0.1) is 0 Å². The Morgan fingerprint density at radius 2 is 1.93 bits per heavy atom. The average Bonchev–Trinajstić information content (AvgIpc) is 3.21. The minimum Gasteiger partial charge on any atom is -0.493 e. The van der Waals surface area contributed by atoms with Crippen molar-refractivity contribution < 1.29 is 23.7 Å². The van der Waals surface area contributed by atoms with Crippen molar-refractivity contribution in [3.8, 4) is 11.5 Å². The molecule has 0 saturated carbocycles. The van der Waals surface area contributed by atoms with Gasteiger partial charge in [0.25, 0.3) is 0 Å². The van der Waals surface area contributed by atoms with E-state index in [1.165, 1.54) is 12.1 Å². The number of rotatable bonds is 10. The highest BCUT2D eigenvalue weighted by Crippen LogP contribution is 2.26. The normalized spacial score (nSPS) is 17.6. The molecule has 6 heteroatoms. The molecule has 1 heterocycles. The fraction of sp³-hybridized carbons (Fsp3) is 0.455. The molecule has 0 amide bonds. The molecule has 5 nitrogen and oxygen atoms in total. The predicted octanol–water partition coefficient (Wildman–Crippen LogP) is 3.26. The molecule has 1 aliphatic heterocycles. The highest BCUT2D eigenvalue weighted by molar-refractivity contribution is 5.39. The van der Waals surface area contributed by atoms with Gasteiger partial charge in [0.2, 0.25) is 0 Å². The molecule has 2 aromatic carbocycles. The molecule has 0 aliphatic carbocycles. The number of halogens is 1. The Morgan fingerprint density at radius 3 is 2.61 bits per heavy atom. The Kier molecular flexibility index (Phi) is 7.65. The van der Waals surface area contributed by atoms with Gasteiger partial charge in [0, 0.05) is 26.2 Å². The Labute approximate surface area is 165 Å². The van der Waals surface area contributed by atoms with Crippen LogP contribution in [0.3, 0.4) is 0 Å². The van der Waals surface area contributed by atoms with Gasteiger partial charge in [-0.2, -0.15) is 0 Å². The fourth-order valence-corrected chi connectivity index (χ4v) is 3.40. The molecule has 2 atom stereocenters. The van der Waals surface area contributed by atoms with Crippen LogP contribution in [0.4, 0.5) is 4.39 Å². The van der Waals surface area contributed by atoms with E-state index >= 15 is 0 Å². The van der Waals surface area contributed by atoms with Gasteiger partial charge < -0.3 is 19.3 Å². The summed E-state index contributed by atoms with van der Waals surface area (Å²) < 4.78 is 30.0. The third kappa shape index (κ3) is 6.19. The largest absolute Gasteiger partial charge is 0.493 e. The fourth-order valence-electron chi connectivity index (χ4n) is 3.40. The van der Waals surface area contributed by atoms with E-state index in [4.69, 9.17) is 14.2 Å². The van der Waals surface area contributed by atoms with Gasteiger partial charge in [-0.05, 0) is 42.7 Å². The number of nitrogens with zero attached hydrogens (tertiary/aromatic N) is 1. The first-order valence-corrected chi connectivity index (χ1v) is 9.66. The number of para-hydroxylation sites is 2. The van der Waals surface area contributed by atoms with Gasteiger partial charge >= 0.3 is 0 Å². The van der Waals surface area contributed by atoms with Crippen molar-refractivity contribution in [3.63, 3.8) is 0 Å². The summed E-state index contributed by atoms with van der Waals surface area (Å²) in [5.74, 6) is 0.991. The molecule has 152 valence electrons. The second-order valence-electron chi connectivity index (χ2n) is 7.07. The lowest BCUT2D eigenvalue weighted by atomic mass is 10.1.